The van der Waals surface area contributed by atoms with Crippen molar-refractivity contribution in [2.24, 2.45) is 5.92 Å². The average Bonchev–Trinajstić information content (AvgIpc) is 2.89. The highest BCUT2D eigenvalue weighted by Gasteiger charge is 2.23. The Labute approximate surface area is 207 Å². The molecule has 1 fully saturated rings. The summed E-state index contributed by atoms with van der Waals surface area (Å²) in [6.07, 6.45) is 7.84. The van der Waals surface area contributed by atoms with Gasteiger partial charge in [-0.2, -0.15) is 0 Å². The molecule has 4 nitrogen and oxygen atoms in total. The standard InChI is InChI=1S/C30H33FO4/c1-3-4-5-21-6-8-22(9-7-21)24-12-19-28(29(31)20-24)23-10-13-26(14-11-23)34-30(32)35-27-17-15-25(33-2)16-18-27/h10-22H,3-9H2,1-2H3/t21-,22-. The number of benzene rings is 3. The van der Waals surface area contributed by atoms with Crippen molar-refractivity contribution in [3.05, 3.63) is 78.1 Å². The Bertz CT molecular complexity index is 1100. The van der Waals surface area contributed by atoms with Gasteiger partial charge in [0.15, 0.2) is 0 Å². The summed E-state index contributed by atoms with van der Waals surface area (Å²) in [5, 5.41) is 0. The summed E-state index contributed by atoms with van der Waals surface area (Å²) in [5.74, 6) is 2.40. The lowest BCUT2D eigenvalue weighted by atomic mass is 9.77. The van der Waals surface area contributed by atoms with E-state index in [0.29, 0.717) is 28.7 Å². The van der Waals surface area contributed by atoms with Gasteiger partial charge in [0.05, 0.1) is 7.11 Å². The first kappa shape index (κ1) is 24.8. The van der Waals surface area contributed by atoms with Crippen molar-refractivity contribution in [2.45, 2.75) is 57.8 Å². The molecule has 0 heterocycles. The van der Waals surface area contributed by atoms with Crippen LogP contribution in [0, 0.1) is 11.7 Å². The number of ether oxygens (including phenoxy) is 3. The Hall–Kier alpha value is -3.34. The van der Waals surface area contributed by atoms with Gasteiger partial charge in [-0.15, -0.1) is 0 Å². The number of carbonyl (C=O) groups is 1. The van der Waals surface area contributed by atoms with Crippen molar-refractivity contribution >= 4 is 6.16 Å². The van der Waals surface area contributed by atoms with Crippen LogP contribution in [0.4, 0.5) is 9.18 Å². The van der Waals surface area contributed by atoms with E-state index in [1.165, 1.54) is 32.1 Å². The van der Waals surface area contributed by atoms with E-state index in [0.717, 1.165) is 29.9 Å². The number of halogens is 1. The average molecular weight is 477 g/mol. The first-order valence-electron chi connectivity index (χ1n) is 12.5. The summed E-state index contributed by atoms with van der Waals surface area (Å²) in [5.41, 5.74) is 2.37. The minimum Gasteiger partial charge on any atom is -0.497 e. The minimum atomic E-state index is -0.845. The molecule has 1 saturated carbocycles. The van der Waals surface area contributed by atoms with Gasteiger partial charge in [-0.3, -0.25) is 0 Å². The molecule has 0 aliphatic heterocycles. The maximum atomic E-state index is 15.0. The Kier molecular flexibility index (Phi) is 8.40. The molecule has 0 atom stereocenters. The molecule has 3 aromatic carbocycles. The van der Waals surface area contributed by atoms with Crippen molar-refractivity contribution in [3.63, 3.8) is 0 Å². The van der Waals surface area contributed by atoms with Gasteiger partial charge in [-0.05, 0) is 91.1 Å². The Morgan fingerprint density at radius 2 is 1.46 bits per heavy atom. The highest BCUT2D eigenvalue weighted by molar-refractivity contribution is 5.69. The molecular formula is C30H33FO4. The third kappa shape index (κ3) is 6.62. The summed E-state index contributed by atoms with van der Waals surface area (Å²) in [4.78, 5) is 12.1. The molecule has 5 heteroatoms. The maximum absolute atomic E-state index is 15.0. The lowest BCUT2D eigenvalue weighted by Gasteiger charge is -2.29. The fourth-order valence-corrected chi connectivity index (χ4v) is 4.86. The molecule has 0 spiro atoms. The van der Waals surface area contributed by atoms with Crippen LogP contribution in [0.2, 0.25) is 0 Å². The Morgan fingerprint density at radius 1 is 0.857 bits per heavy atom. The van der Waals surface area contributed by atoms with Crippen LogP contribution >= 0.6 is 0 Å². The van der Waals surface area contributed by atoms with E-state index in [1.807, 2.05) is 6.07 Å². The zero-order valence-corrected chi connectivity index (χ0v) is 20.5. The molecule has 0 amide bonds. The van der Waals surface area contributed by atoms with Crippen LogP contribution < -0.4 is 14.2 Å². The molecule has 0 unspecified atom stereocenters. The molecule has 0 aromatic heterocycles. The summed E-state index contributed by atoms with van der Waals surface area (Å²) in [7, 11) is 1.56. The highest BCUT2D eigenvalue weighted by Crippen LogP contribution is 2.39. The number of methoxy groups -OCH3 is 1. The lowest BCUT2D eigenvalue weighted by molar-refractivity contribution is 0.152. The topological polar surface area (TPSA) is 44.8 Å². The Balaban J connectivity index is 1.34. The van der Waals surface area contributed by atoms with Gasteiger partial charge in [0.25, 0.3) is 0 Å². The van der Waals surface area contributed by atoms with E-state index in [4.69, 9.17) is 14.2 Å². The molecule has 1 aliphatic rings. The molecule has 1 aliphatic carbocycles. The summed E-state index contributed by atoms with van der Waals surface area (Å²) in [6.45, 7) is 2.24. The lowest BCUT2D eigenvalue weighted by Crippen LogP contribution is -2.13. The number of hydrogen-bond acceptors (Lipinski definition) is 4. The van der Waals surface area contributed by atoms with Gasteiger partial charge < -0.3 is 14.2 Å². The van der Waals surface area contributed by atoms with Crippen molar-refractivity contribution in [1.82, 2.24) is 0 Å². The van der Waals surface area contributed by atoms with E-state index in [9.17, 15) is 4.79 Å². The normalized spacial score (nSPS) is 17.6. The van der Waals surface area contributed by atoms with Gasteiger partial charge in [0.1, 0.15) is 23.1 Å². The van der Waals surface area contributed by atoms with E-state index < -0.39 is 6.16 Å². The van der Waals surface area contributed by atoms with Crippen LogP contribution in [-0.2, 0) is 0 Å². The molecule has 0 radical (unpaired) electrons. The molecule has 3 aromatic rings. The molecule has 0 N–H and O–H groups in total. The van der Waals surface area contributed by atoms with E-state index in [1.54, 1.807) is 61.7 Å². The van der Waals surface area contributed by atoms with Crippen LogP contribution in [0.3, 0.4) is 0 Å². The van der Waals surface area contributed by atoms with Crippen molar-refractivity contribution < 1.29 is 23.4 Å². The highest BCUT2D eigenvalue weighted by atomic mass is 19.1. The summed E-state index contributed by atoms with van der Waals surface area (Å²) < 4.78 is 30.5. The molecule has 4 rings (SSSR count). The predicted octanol–water partition coefficient (Wildman–Crippen LogP) is 8.54. The predicted molar refractivity (Wildman–Crippen MR) is 136 cm³/mol. The number of rotatable bonds is 8. The van der Waals surface area contributed by atoms with Gasteiger partial charge >= 0.3 is 6.16 Å². The van der Waals surface area contributed by atoms with Crippen molar-refractivity contribution in [3.8, 4) is 28.4 Å². The first-order chi connectivity index (χ1) is 17.1. The third-order valence-electron chi connectivity index (χ3n) is 6.90. The van der Waals surface area contributed by atoms with Gasteiger partial charge in [-0.1, -0.05) is 50.5 Å². The van der Waals surface area contributed by atoms with Crippen LogP contribution in [0.5, 0.6) is 17.2 Å². The van der Waals surface area contributed by atoms with E-state index in [2.05, 4.69) is 13.0 Å². The number of hydrogen-bond donors (Lipinski definition) is 0. The summed E-state index contributed by atoms with van der Waals surface area (Å²) >= 11 is 0. The van der Waals surface area contributed by atoms with Crippen LogP contribution in [0.25, 0.3) is 11.1 Å². The van der Waals surface area contributed by atoms with Crippen LogP contribution in [-0.4, -0.2) is 13.3 Å². The zero-order valence-electron chi connectivity index (χ0n) is 20.5. The molecule has 35 heavy (non-hydrogen) atoms. The molecule has 0 bridgehead atoms. The second-order valence-electron chi connectivity index (χ2n) is 9.25. The first-order valence-corrected chi connectivity index (χ1v) is 12.5. The zero-order chi connectivity index (χ0) is 24.6. The Morgan fingerprint density at radius 3 is 2.03 bits per heavy atom. The van der Waals surface area contributed by atoms with Crippen molar-refractivity contribution in [1.29, 1.82) is 0 Å². The van der Waals surface area contributed by atoms with Gasteiger partial charge in [-0.25, -0.2) is 9.18 Å². The summed E-state index contributed by atoms with van der Waals surface area (Å²) in [6, 6.07) is 19.0. The fourth-order valence-electron chi connectivity index (χ4n) is 4.86. The van der Waals surface area contributed by atoms with Gasteiger partial charge in [0.2, 0.25) is 0 Å². The molecular weight excluding hydrogens is 443 g/mol. The van der Waals surface area contributed by atoms with E-state index >= 15 is 4.39 Å². The molecule has 184 valence electrons. The molecule has 0 saturated heterocycles. The second-order valence-corrected chi connectivity index (χ2v) is 9.25. The van der Waals surface area contributed by atoms with Crippen molar-refractivity contribution in [2.75, 3.05) is 7.11 Å². The third-order valence-corrected chi connectivity index (χ3v) is 6.90. The minimum absolute atomic E-state index is 0.219. The fraction of sp³-hybridized carbons (Fsp3) is 0.367. The monoisotopic (exact) mass is 476 g/mol. The largest absolute Gasteiger partial charge is 0.519 e. The smallest absolute Gasteiger partial charge is 0.497 e. The van der Waals surface area contributed by atoms with E-state index in [-0.39, 0.29) is 5.82 Å². The maximum Gasteiger partial charge on any atom is 0.519 e. The van der Waals surface area contributed by atoms with Crippen LogP contribution in [0.15, 0.2) is 66.7 Å². The number of unbranched alkanes of at least 4 members (excludes halogenated alkanes) is 1. The SMILES string of the molecule is CCCC[C@H]1CC[C@H](c2ccc(-c3ccc(OC(=O)Oc4ccc(OC)cc4)cc3)c(F)c2)CC1. The second kappa shape index (κ2) is 11.9. The van der Waals surface area contributed by atoms with Crippen LogP contribution in [0.1, 0.15) is 63.4 Å². The quantitative estimate of drug-likeness (QED) is 0.241. The van der Waals surface area contributed by atoms with Gasteiger partial charge in [0, 0.05) is 5.56 Å². The number of carbonyl (C=O) groups excluding carboxylic acids is 1.